The molecule has 4 heteroatoms. The van der Waals surface area contributed by atoms with Gasteiger partial charge in [0.1, 0.15) is 0 Å². The Labute approximate surface area is 100.0 Å². The van der Waals surface area contributed by atoms with Gasteiger partial charge in [-0.05, 0) is 41.8 Å². The quantitative estimate of drug-likeness (QED) is 0.701. The molecule has 96 valence electrons. The van der Waals surface area contributed by atoms with Gasteiger partial charge in [-0.15, -0.1) is 0 Å². The van der Waals surface area contributed by atoms with Crippen LogP contribution in [-0.2, 0) is 4.79 Å². The van der Waals surface area contributed by atoms with Crippen molar-refractivity contribution < 1.29 is 4.79 Å². The third-order valence-electron chi connectivity index (χ3n) is 2.58. The van der Waals surface area contributed by atoms with E-state index < -0.39 is 0 Å². The summed E-state index contributed by atoms with van der Waals surface area (Å²) in [5.74, 6) is 0.102. The minimum atomic E-state index is 0.102. The van der Waals surface area contributed by atoms with Gasteiger partial charge in [0.05, 0.1) is 6.54 Å². The molecule has 0 saturated carbocycles. The lowest BCUT2D eigenvalue weighted by atomic mass is 10.3. The van der Waals surface area contributed by atoms with Crippen molar-refractivity contribution in [3.63, 3.8) is 0 Å². The van der Waals surface area contributed by atoms with E-state index in [1.807, 2.05) is 20.9 Å². The fourth-order valence-corrected chi connectivity index (χ4v) is 1.28. The summed E-state index contributed by atoms with van der Waals surface area (Å²) in [4.78, 5) is 15.8. The van der Waals surface area contributed by atoms with Crippen LogP contribution in [0.1, 0.15) is 27.7 Å². The molecule has 0 bridgehead atoms. The Balaban J connectivity index is 3.73. The number of carbonyl (C=O) groups excluding carboxylic acids is 1. The molecule has 16 heavy (non-hydrogen) atoms. The summed E-state index contributed by atoms with van der Waals surface area (Å²) in [6.45, 7) is 10.7. The highest BCUT2D eigenvalue weighted by Crippen LogP contribution is 1.93. The van der Waals surface area contributed by atoms with Gasteiger partial charge in [0.15, 0.2) is 0 Å². The number of rotatable bonds is 7. The summed E-state index contributed by atoms with van der Waals surface area (Å²) in [7, 11) is 4.08. The predicted octanol–water partition coefficient (Wildman–Crippen LogP) is 0.783. The molecule has 0 heterocycles. The first kappa shape index (κ1) is 15.4. The van der Waals surface area contributed by atoms with Crippen LogP contribution in [0.3, 0.4) is 0 Å². The molecule has 4 nitrogen and oxygen atoms in total. The first-order valence-corrected chi connectivity index (χ1v) is 6.01. The van der Waals surface area contributed by atoms with Crippen LogP contribution in [-0.4, -0.2) is 61.5 Å². The highest BCUT2D eigenvalue weighted by molar-refractivity contribution is 5.78. The van der Waals surface area contributed by atoms with Gasteiger partial charge < -0.3 is 10.2 Å². The Hall–Kier alpha value is -0.610. The Morgan fingerprint density at radius 2 is 1.69 bits per heavy atom. The number of amides is 1. The molecule has 0 aliphatic heterocycles. The van der Waals surface area contributed by atoms with E-state index in [1.165, 1.54) is 0 Å². The van der Waals surface area contributed by atoms with Crippen molar-refractivity contribution in [2.75, 3.05) is 33.7 Å². The van der Waals surface area contributed by atoms with Gasteiger partial charge in [0, 0.05) is 25.2 Å². The maximum Gasteiger partial charge on any atom is 0.234 e. The normalized spacial score (nSPS) is 11.9. The van der Waals surface area contributed by atoms with Crippen molar-refractivity contribution in [2.24, 2.45) is 0 Å². The molecular weight excluding hydrogens is 202 g/mol. The Morgan fingerprint density at radius 1 is 1.12 bits per heavy atom. The molecule has 0 aromatic heterocycles. The van der Waals surface area contributed by atoms with Gasteiger partial charge in [-0.3, -0.25) is 9.69 Å². The monoisotopic (exact) mass is 229 g/mol. The highest BCUT2D eigenvalue weighted by atomic mass is 16.2. The van der Waals surface area contributed by atoms with E-state index in [2.05, 4.69) is 36.0 Å². The molecule has 1 amide bonds. The van der Waals surface area contributed by atoms with Crippen LogP contribution in [0.2, 0.25) is 0 Å². The highest BCUT2D eigenvalue weighted by Gasteiger charge is 2.09. The third-order valence-corrected chi connectivity index (χ3v) is 2.58. The molecule has 0 aromatic carbocycles. The number of nitrogens with zero attached hydrogens (tertiary/aromatic N) is 2. The predicted molar refractivity (Wildman–Crippen MR) is 68.5 cm³/mol. The van der Waals surface area contributed by atoms with Crippen molar-refractivity contribution in [1.29, 1.82) is 0 Å². The average Bonchev–Trinajstić information content (AvgIpc) is 2.12. The van der Waals surface area contributed by atoms with Gasteiger partial charge in [-0.1, -0.05) is 0 Å². The van der Waals surface area contributed by atoms with Crippen molar-refractivity contribution in [3.8, 4) is 0 Å². The Morgan fingerprint density at radius 3 is 2.12 bits per heavy atom. The lowest BCUT2D eigenvalue weighted by molar-refractivity contribution is -0.122. The van der Waals surface area contributed by atoms with E-state index in [0.29, 0.717) is 12.6 Å². The third kappa shape index (κ3) is 7.65. The number of hydrogen-bond acceptors (Lipinski definition) is 3. The first-order chi connectivity index (χ1) is 7.32. The smallest absolute Gasteiger partial charge is 0.234 e. The van der Waals surface area contributed by atoms with Gasteiger partial charge in [-0.25, -0.2) is 0 Å². The summed E-state index contributed by atoms with van der Waals surface area (Å²) >= 11 is 0. The molecule has 0 fully saturated rings. The van der Waals surface area contributed by atoms with Gasteiger partial charge in [0.25, 0.3) is 0 Å². The summed E-state index contributed by atoms with van der Waals surface area (Å²) in [6, 6.07) is 0.775. The van der Waals surface area contributed by atoms with Gasteiger partial charge >= 0.3 is 0 Å². The van der Waals surface area contributed by atoms with Crippen molar-refractivity contribution >= 4 is 5.91 Å². The minimum absolute atomic E-state index is 0.102. The van der Waals surface area contributed by atoms with Crippen LogP contribution in [0.25, 0.3) is 0 Å². The van der Waals surface area contributed by atoms with E-state index in [4.69, 9.17) is 0 Å². The summed E-state index contributed by atoms with van der Waals surface area (Å²) in [5, 5.41) is 2.89. The van der Waals surface area contributed by atoms with E-state index in [1.54, 1.807) is 0 Å². The second-order valence-electron chi connectivity index (χ2n) is 5.03. The number of carbonyl (C=O) groups is 1. The first-order valence-electron chi connectivity index (χ1n) is 6.01. The number of likely N-dealkylation sites (N-methyl/N-ethyl adjacent to an activating group) is 2. The lowest BCUT2D eigenvalue weighted by Crippen LogP contribution is -2.41. The van der Waals surface area contributed by atoms with Crippen LogP contribution in [0.5, 0.6) is 0 Å². The minimum Gasteiger partial charge on any atom is -0.353 e. The van der Waals surface area contributed by atoms with E-state index in [0.717, 1.165) is 13.1 Å². The molecule has 0 rings (SSSR count). The number of hydrogen-bond donors (Lipinski definition) is 1. The molecule has 0 unspecified atom stereocenters. The fourth-order valence-electron chi connectivity index (χ4n) is 1.28. The maximum atomic E-state index is 11.5. The molecule has 0 atom stereocenters. The molecular formula is C12H27N3O. The van der Waals surface area contributed by atoms with Crippen molar-refractivity contribution in [2.45, 2.75) is 39.8 Å². The molecule has 0 radical (unpaired) electrons. The van der Waals surface area contributed by atoms with Crippen LogP contribution >= 0.6 is 0 Å². The second-order valence-corrected chi connectivity index (χ2v) is 5.03. The van der Waals surface area contributed by atoms with E-state index in [-0.39, 0.29) is 11.9 Å². The Kier molecular flexibility index (Phi) is 7.34. The second kappa shape index (κ2) is 7.63. The van der Waals surface area contributed by atoms with Crippen LogP contribution < -0.4 is 5.32 Å². The zero-order valence-corrected chi connectivity index (χ0v) is 11.6. The summed E-state index contributed by atoms with van der Waals surface area (Å²) in [5.41, 5.74) is 0. The molecule has 0 saturated heterocycles. The average molecular weight is 229 g/mol. The van der Waals surface area contributed by atoms with Crippen molar-refractivity contribution in [3.05, 3.63) is 0 Å². The molecule has 0 aliphatic carbocycles. The largest absolute Gasteiger partial charge is 0.353 e. The SMILES string of the molecule is CC(C)NC(=O)CN(C)CCN(C)C(C)C. The molecule has 0 aliphatic rings. The fraction of sp³-hybridized carbons (Fsp3) is 0.917. The topological polar surface area (TPSA) is 35.6 Å². The van der Waals surface area contributed by atoms with Gasteiger partial charge in [0.2, 0.25) is 5.91 Å². The van der Waals surface area contributed by atoms with Crippen LogP contribution in [0.4, 0.5) is 0 Å². The molecule has 1 N–H and O–H groups in total. The molecule has 0 spiro atoms. The van der Waals surface area contributed by atoms with Crippen LogP contribution in [0.15, 0.2) is 0 Å². The zero-order valence-electron chi connectivity index (χ0n) is 11.6. The summed E-state index contributed by atoms with van der Waals surface area (Å²) in [6.07, 6.45) is 0. The Bertz CT molecular complexity index is 204. The van der Waals surface area contributed by atoms with Crippen LogP contribution in [0, 0.1) is 0 Å². The van der Waals surface area contributed by atoms with Crippen molar-refractivity contribution in [1.82, 2.24) is 15.1 Å². The standard InChI is InChI=1S/C12H27N3O/c1-10(2)13-12(16)9-14(5)7-8-15(6)11(3)4/h10-11H,7-9H2,1-6H3,(H,13,16). The maximum absolute atomic E-state index is 11.5. The van der Waals surface area contributed by atoms with Gasteiger partial charge in [-0.2, -0.15) is 0 Å². The lowest BCUT2D eigenvalue weighted by Gasteiger charge is -2.24. The zero-order chi connectivity index (χ0) is 12.7. The molecule has 0 aromatic rings. The van der Waals surface area contributed by atoms with E-state index >= 15 is 0 Å². The summed E-state index contributed by atoms with van der Waals surface area (Å²) < 4.78 is 0. The van der Waals surface area contributed by atoms with E-state index in [9.17, 15) is 4.79 Å². The number of nitrogens with one attached hydrogen (secondary N) is 1.